The normalized spacial score (nSPS) is 26.8. The van der Waals surface area contributed by atoms with Crippen molar-refractivity contribution >= 4 is 5.91 Å². The molecule has 0 aliphatic heterocycles. The van der Waals surface area contributed by atoms with Crippen LogP contribution in [0.3, 0.4) is 0 Å². The molecule has 1 rings (SSSR count). The van der Waals surface area contributed by atoms with Crippen LogP contribution in [0.4, 0.5) is 0 Å². The number of hydrogen-bond donors (Lipinski definition) is 2. The monoisotopic (exact) mass is 170 g/mol. The van der Waals surface area contributed by atoms with Gasteiger partial charge in [0, 0.05) is 6.54 Å². The van der Waals surface area contributed by atoms with Crippen molar-refractivity contribution in [1.29, 1.82) is 0 Å². The van der Waals surface area contributed by atoms with E-state index in [2.05, 4.69) is 17.6 Å². The van der Waals surface area contributed by atoms with Crippen LogP contribution in [-0.2, 0) is 4.79 Å². The Balaban J connectivity index is 1.91. The first-order chi connectivity index (χ1) is 5.74. The van der Waals surface area contributed by atoms with Crippen molar-refractivity contribution in [3.05, 3.63) is 0 Å². The van der Waals surface area contributed by atoms with E-state index in [9.17, 15) is 4.79 Å². The molecule has 1 saturated carbocycles. The van der Waals surface area contributed by atoms with Crippen molar-refractivity contribution in [2.75, 3.05) is 19.6 Å². The average Bonchev–Trinajstić information content (AvgIpc) is 2.67. The Morgan fingerprint density at radius 1 is 1.58 bits per heavy atom. The molecule has 70 valence electrons. The zero-order valence-corrected chi connectivity index (χ0v) is 7.89. The van der Waals surface area contributed by atoms with Gasteiger partial charge < -0.3 is 10.6 Å². The van der Waals surface area contributed by atoms with Gasteiger partial charge in [-0.3, -0.25) is 4.79 Å². The smallest absolute Gasteiger partial charge is 0.233 e. The molecule has 0 aromatic carbocycles. The summed E-state index contributed by atoms with van der Waals surface area (Å²) in [6.07, 6.45) is 1.32. The second kappa shape index (κ2) is 4.45. The van der Waals surface area contributed by atoms with E-state index in [1.165, 1.54) is 6.42 Å². The summed E-state index contributed by atoms with van der Waals surface area (Å²) in [5, 5.41) is 5.90. The first-order valence-corrected chi connectivity index (χ1v) is 4.71. The summed E-state index contributed by atoms with van der Waals surface area (Å²) in [4.78, 5) is 11.0. The fourth-order valence-corrected chi connectivity index (χ4v) is 1.31. The van der Waals surface area contributed by atoms with Gasteiger partial charge in [-0.1, -0.05) is 6.92 Å². The number of amides is 1. The van der Waals surface area contributed by atoms with Crippen molar-refractivity contribution in [3.8, 4) is 0 Å². The Bertz CT molecular complexity index is 159. The highest BCUT2D eigenvalue weighted by molar-refractivity contribution is 5.77. The first-order valence-electron chi connectivity index (χ1n) is 4.71. The molecular weight excluding hydrogens is 152 g/mol. The van der Waals surface area contributed by atoms with Gasteiger partial charge >= 0.3 is 0 Å². The fourth-order valence-electron chi connectivity index (χ4n) is 1.31. The van der Waals surface area contributed by atoms with E-state index in [1.54, 1.807) is 0 Å². The second-order valence-electron chi connectivity index (χ2n) is 3.56. The van der Waals surface area contributed by atoms with Crippen LogP contribution < -0.4 is 10.6 Å². The average molecular weight is 170 g/mol. The molecule has 2 atom stereocenters. The largest absolute Gasteiger partial charge is 0.355 e. The summed E-state index contributed by atoms with van der Waals surface area (Å²) >= 11 is 0. The molecule has 12 heavy (non-hydrogen) atoms. The van der Waals surface area contributed by atoms with E-state index in [0.717, 1.165) is 24.9 Å². The van der Waals surface area contributed by atoms with Crippen LogP contribution in [0.2, 0.25) is 0 Å². The lowest BCUT2D eigenvalue weighted by Gasteiger charge is -2.03. The SMILES string of the molecule is CCNC(=O)CNCC1CC1C. The lowest BCUT2D eigenvalue weighted by atomic mass is 10.3. The molecule has 1 fully saturated rings. The van der Waals surface area contributed by atoms with Gasteiger partial charge in [0.05, 0.1) is 6.54 Å². The summed E-state index contributed by atoms with van der Waals surface area (Å²) in [5.74, 6) is 1.79. The number of hydrogen-bond acceptors (Lipinski definition) is 2. The maximum Gasteiger partial charge on any atom is 0.233 e. The molecular formula is C9H18N2O. The summed E-state index contributed by atoms with van der Waals surface area (Å²) in [6, 6.07) is 0. The van der Waals surface area contributed by atoms with E-state index >= 15 is 0 Å². The van der Waals surface area contributed by atoms with Gasteiger partial charge in [-0.2, -0.15) is 0 Å². The highest BCUT2D eigenvalue weighted by Crippen LogP contribution is 2.36. The van der Waals surface area contributed by atoms with Crippen LogP contribution >= 0.6 is 0 Å². The van der Waals surface area contributed by atoms with Crippen molar-refractivity contribution in [3.63, 3.8) is 0 Å². The van der Waals surface area contributed by atoms with E-state index in [0.29, 0.717) is 6.54 Å². The zero-order valence-electron chi connectivity index (χ0n) is 7.89. The molecule has 3 heteroatoms. The van der Waals surface area contributed by atoms with E-state index in [1.807, 2.05) is 6.92 Å². The van der Waals surface area contributed by atoms with Gasteiger partial charge in [0.1, 0.15) is 0 Å². The highest BCUT2D eigenvalue weighted by Gasteiger charge is 2.31. The van der Waals surface area contributed by atoms with E-state index < -0.39 is 0 Å². The standard InChI is InChI=1S/C9H18N2O/c1-3-11-9(12)6-10-5-8-4-7(8)2/h7-8,10H,3-6H2,1-2H3,(H,11,12). The number of nitrogens with one attached hydrogen (secondary N) is 2. The molecule has 0 radical (unpaired) electrons. The Kier molecular flexibility index (Phi) is 3.53. The summed E-state index contributed by atoms with van der Waals surface area (Å²) in [7, 11) is 0. The van der Waals surface area contributed by atoms with E-state index in [4.69, 9.17) is 0 Å². The number of likely N-dealkylation sites (N-methyl/N-ethyl adjacent to an activating group) is 1. The predicted molar refractivity (Wildman–Crippen MR) is 48.8 cm³/mol. The molecule has 0 bridgehead atoms. The molecule has 0 saturated heterocycles. The molecule has 1 aliphatic carbocycles. The molecule has 0 heterocycles. The second-order valence-corrected chi connectivity index (χ2v) is 3.56. The lowest BCUT2D eigenvalue weighted by molar-refractivity contribution is -0.120. The van der Waals surface area contributed by atoms with Gasteiger partial charge in [-0.15, -0.1) is 0 Å². The minimum Gasteiger partial charge on any atom is -0.355 e. The van der Waals surface area contributed by atoms with Crippen LogP contribution in [0.1, 0.15) is 20.3 Å². The molecule has 2 unspecified atom stereocenters. The molecule has 1 aliphatic rings. The molecule has 2 N–H and O–H groups in total. The highest BCUT2D eigenvalue weighted by atomic mass is 16.1. The topological polar surface area (TPSA) is 41.1 Å². The third-order valence-corrected chi connectivity index (χ3v) is 2.34. The van der Waals surface area contributed by atoms with Gasteiger partial charge in [0.15, 0.2) is 0 Å². The predicted octanol–water partition coefficient (Wildman–Crippen LogP) is 0.368. The number of carbonyl (C=O) groups excluding carboxylic acids is 1. The molecule has 0 spiro atoms. The van der Waals surface area contributed by atoms with Crippen molar-refractivity contribution in [2.24, 2.45) is 11.8 Å². The maximum atomic E-state index is 11.0. The van der Waals surface area contributed by atoms with Gasteiger partial charge in [0.25, 0.3) is 0 Å². The Hall–Kier alpha value is -0.570. The Morgan fingerprint density at radius 2 is 2.25 bits per heavy atom. The molecule has 0 aromatic heterocycles. The minimum atomic E-state index is 0.103. The summed E-state index contributed by atoms with van der Waals surface area (Å²) < 4.78 is 0. The maximum absolute atomic E-state index is 11.0. The van der Waals surface area contributed by atoms with Crippen molar-refractivity contribution in [2.45, 2.75) is 20.3 Å². The van der Waals surface area contributed by atoms with Gasteiger partial charge in [-0.05, 0) is 31.7 Å². The molecule has 3 nitrogen and oxygen atoms in total. The summed E-state index contributed by atoms with van der Waals surface area (Å²) in [5.41, 5.74) is 0. The van der Waals surface area contributed by atoms with Gasteiger partial charge in [0.2, 0.25) is 5.91 Å². The van der Waals surface area contributed by atoms with Crippen LogP contribution in [-0.4, -0.2) is 25.5 Å². The lowest BCUT2D eigenvalue weighted by Crippen LogP contribution is -2.34. The Labute approximate surface area is 73.9 Å². The fraction of sp³-hybridized carbons (Fsp3) is 0.889. The minimum absolute atomic E-state index is 0.103. The summed E-state index contributed by atoms with van der Waals surface area (Å²) in [6.45, 7) is 6.37. The first kappa shape index (κ1) is 9.52. The van der Waals surface area contributed by atoms with E-state index in [-0.39, 0.29) is 5.91 Å². The molecule has 1 amide bonds. The third kappa shape index (κ3) is 3.22. The third-order valence-electron chi connectivity index (χ3n) is 2.34. The molecule has 0 aromatic rings. The quantitative estimate of drug-likeness (QED) is 0.626. The zero-order chi connectivity index (χ0) is 8.97. The number of rotatable bonds is 5. The van der Waals surface area contributed by atoms with Gasteiger partial charge in [-0.25, -0.2) is 0 Å². The number of carbonyl (C=O) groups is 1. The van der Waals surface area contributed by atoms with Crippen LogP contribution in [0, 0.1) is 11.8 Å². The van der Waals surface area contributed by atoms with Crippen molar-refractivity contribution < 1.29 is 4.79 Å². The van der Waals surface area contributed by atoms with Crippen LogP contribution in [0.15, 0.2) is 0 Å². The van der Waals surface area contributed by atoms with Crippen LogP contribution in [0.25, 0.3) is 0 Å². The van der Waals surface area contributed by atoms with Crippen LogP contribution in [0.5, 0.6) is 0 Å². The van der Waals surface area contributed by atoms with Crippen molar-refractivity contribution in [1.82, 2.24) is 10.6 Å². The Morgan fingerprint density at radius 3 is 2.75 bits per heavy atom.